The fourth-order valence-electron chi connectivity index (χ4n) is 3.13. The van der Waals surface area contributed by atoms with Gasteiger partial charge in [0.25, 0.3) is 0 Å². The molecule has 2 aromatic rings. The average molecular weight is 470 g/mol. The molecule has 0 bridgehead atoms. The van der Waals surface area contributed by atoms with Gasteiger partial charge in [0, 0.05) is 13.0 Å². The highest BCUT2D eigenvalue weighted by Crippen LogP contribution is 2.07. The molecule has 2 aromatic carbocycles. The third-order valence-corrected chi connectivity index (χ3v) is 4.85. The summed E-state index contributed by atoms with van der Waals surface area (Å²) in [5.41, 5.74) is 12.3. The number of guanidine groups is 1. The van der Waals surface area contributed by atoms with E-state index in [9.17, 15) is 14.4 Å². The number of hydrogen-bond donors (Lipinski definition) is 4. The van der Waals surface area contributed by atoms with Crippen molar-refractivity contribution in [3.05, 3.63) is 71.8 Å². The Balaban J connectivity index is 2.05. The summed E-state index contributed by atoms with van der Waals surface area (Å²) < 4.78 is 10.1. The highest BCUT2D eigenvalue weighted by atomic mass is 16.5. The Bertz CT molecular complexity index is 949. The van der Waals surface area contributed by atoms with Crippen molar-refractivity contribution in [1.29, 1.82) is 0 Å². The van der Waals surface area contributed by atoms with Crippen molar-refractivity contribution in [1.82, 2.24) is 10.6 Å². The van der Waals surface area contributed by atoms with Crippen LogP contribution in [0.5, 0.6) is 0 Å². The van der Waals surface area contributed by atoms with Crippen molar-refractivity contribution in [2.24, 2.45) is 16.5 Å². The van der Waals surface area contributed by atoms with Gasteiger partial charge in [0.05, 0.1) is 7.11 Å². The second-order valence-electron chi connectivity index (χ2n) is 7.48. The maximum atomic E-state index is 13.1. The summed E-state index contributed by atoms with van der Waals surface area (Å²) in [6.45, 7) is 0.352. The van der Waals surface area contributed by atoms with Crippen molar-refractivity contribution in [2.75, 3.05) is 13.7 Å². The number of alkyl carbamates (subject to hydrolysis) is 1. The van der Waals surface area contributed by atoms with Crippen molar-refractivity contribution in [3.63, 3.8) is 0 Å². The lowest BCUT2D eigenvalue weighted by Crippen LogP contribution is -2.52. The van der Waals surface area contributed by atoms with E-state index in [1.807, 2.05) is 60.7 Å². The van der Waals surface area contributed by atoms with Crippen LogP contribution in [0.15, 0.2) is 65.7 Å². The molecule has 0 unspecified atom stereocenters. The Morgan fingerprint density at radius 3 is 2.12 bits per heavy atom. The molecule has 0 aliphatic carbocycles. The van der Waals surface area contributed by atoms with E-state index >= 15 is 0 Å². The highest BCUT2D eigenvalue weighted by Gasteiger charge is 2.27. The molecule has 0 heterocycles. The quantitative estimate of drug-likeness (QED) is 0.157. The summed E-state index contributed by atoms with van der Waals surface area (Å²) in [5.74, 6) is -1.21. The van der Waals surface area contributed by atoms with Gasteiger partial charge in [0.1, 0.15) is 18.7 Å². The minimum atomic E-state index is -0.976. The number of nitrogens with two attached hydrogens (primary N) is 2. The number of esters is 1. The summed E-state index contributed by atoms with van der Waals surface area (Å²) in [7, 11) is 1.23. The van der Waals surface area contributed by atoms with Gasteiger partial charge in [-0.2, -0.15) is 0 Å². The minimum Gasteiger partial charge on any atom is -0.467 e. The molecule has 2 atom stereocenters. The van der Waals surface area contributed by atoms with E-state index in [0.29, 0.717) is 13.0 Å². The Kier molecular flexibility index (Phi) is 10.9. The number of carbonyl (C=O) groups is 3. The molecule has 0 saturated heterocycles. The smallest absolute Gasteiger partial charge is 0.408 e. The second kappa shape index (κ2) is 14.1. The number of methoxy groups -OCH3 is 1. The van der Waals surface area contributed by atoms with Crippen LogP contribution in [0, 0.1) is 0 Å². The van der Waals surface area contributed by atoms with E-state index in [-0.39, 0.29) is 25.4 Å². The zero-order valence-electron chi connectivity index (χ0n) is 19.1. The molecule has 10 nitrogen and oxygen atoms in total. The third kappa shape index (κ3) is 9.60. The Hall–Kier alpha value is -4.08. The molecule has 0 saturated carbocycles. The molecule has 34 heavy (non-hydrogen) atoms. The van der Waals surface area contributed by atoms with Gasteiger partial charge in [0.2, 0.25) is 5.91 Å². The number of amides is 2. The number of ether oxygens (including phenoxy) is 2. The van der Waals surface area contributed by atoms with Crippen LogP contribution in [0.2, 0.25) is 0 Å². The maximum Gasteiger partial charge on any atom is 0.408 e. The first-order chi connectivity index (χ1) is 16.4. The van der Waals surface area contributed by atoms with E-state index < -0.39 is 30.1 Å². The van der Waals surface area contributed by atoms with E-state index in [1.165, 1.54) is 7.11 Å². The monoisotopic (exact) mass is 469 g/mol. The van der Waals surface area contributed by atoms with Gasteiger partial charge >= 0.3 is 12.1 Å². The predicted molar refractivity (Wildman–Crippen MR) is 128 cm³/mol. The summed E-state index contributed by atoms with van der Waals surface area (Å²) >= 11 is 0. The average Bonchev–Trinajstić information content (AvgIpc) is 2.84. The van der Waals surface area contributed by atoms with Crippen LogP contribution in [0.25, 0.3) is 0 Å². The Labute approximate surface area is 198 Å². The molecule has 6 N–H and O–H groups in total. The first kappa shape index (κ1) is 26.2. The standard InChI is InChI=1S/C24H31N5O5/c1-33-22(31)19(13-8-14-27-23(25)26)28-21(30)20(15-17-9-4-2-5-10-17)29-24(32)34-16-18-11-6-3-7-12-18/h2-7,9-12,19-20H,8,13-16H2,1H3,(H,28,30)(H,29,32)(H4,25,26,27)/t19-,20-/m1/s1. The van der Waals surface area contributed by atoms with Gasteiger partial charge < -0.3 is 31.6 Å². The van der Waals surface area contributed by atoms with E-state index in [0.717, 1.165) is 11.1 Å². The van der Waals surface area contributed by atoms with Gasteiger partial charge in [-0.25, -0.2) is 9.59 Å². The Morgan fingerprint density at radius 1 is 0.912 bits per heavy atom. The van der Waals surface area contributed by atoms with Gasteiger partial charge in [-0.1, -0.05) is 60.7 Å². The number of aliphatic imine (C=N–C) groups is 1. The number of hydrogen-bond acceptors (Lipinski definition) is 6. The van der Waals surface area contributed by atoms with Crippen LogP contribution < -0.4 is 22.1 Å². The van der Waals surface area contributed by atoms with Crippen LogP contribution in [-0.2, 0) is 32.1 Å². The largest absolute Gasteiger partial charge is 0.467 e. The van der Waals surface area contributed by atoms with Crippen LogP contribution in [0.4, 0.5) is 4.79 Å². The second-order valence-corrected chi connectivity index (χ2v) is 7.48. The molecule has 2 rings (SSSR count). The van der Waals surface area contributed by atoms with Crippen molar-refractivity contribution < 1.29 is 23.9 Å². The molecule has 0 radical (unpaired) electrons. The fraction of sp³-hybridized carbons (Fsp3) is 0.333. The number of nitrogens with one attached hydrogen (secondary N) is 2. The summed E-state index contributed by atoms with van der Waals surface area (Å²) in [6.07, 6.45) is 0.150. The number of carbonyl (C=O) groups excluding carboxylic acids is 3. The lowest BCUT2D eigenvalue weighted by Gasteiger charge is -2.22. The first-order valence-corrected chi connectivity index (χ1v) is 10.8. The van der Waals surface area contributed by atoms with Gasteiger partial charge in [-0.15, -0.1) is 0 Å². The SMILES string of the molecule is COC(=O)[C@@H](CCCN=C(N)N)NC(=O)[C@@H](Cc1ccccc1)NC(=O)OCc1ccccc1. The number of benzene rings is 2. The topological polar surface area (TPSA) is 158 Å². The van der Waals surface area contributed by atoms with E-state index in [1.54, 1.807) is 0 Å². The van der Waals surface area contributed by atoms with Crippen LogP contribution in [0.3, 0.4) is 0 Å². The molecule has 0 fully saturated rings. The van der Waals surface area contributed by atoms with E-state index in [2.05, 4.69) is 15.6 Å². The fourth-order valence-corrected chi connectivity index (χ4v) is 3.13. The molecule has 0 aromatic heterocycles. The summed E-state index contributed by atoms with van der Waals surface area (Å²) in [4.78, 5) is 41.6. The van der Waals surface area contributed by atoms with E-state index in [4.69, 9.17) is 20.9 Å². The van der Waals surface area contributed by atoms with Crippen LogP contribution in [0.1, 0.15) is 24.0 Å². The molecule has 0 aliphatic rings. The highest BCUT2D eigenvalue weighted by molar-refractivity contribution is 5.89. The minimum absolute atomic E-state index is 0.0557. The molecule has 2 amide bonds. The molecule has 0 spiro atoms. The first-order valence-electron chi connectivity index (χ1n) is 10.8. The Morgan fingerprint density at radius 2 is 1.53 bits per heavy atom. The zero-order valence-corrected chi connectivity index (χ0v) is 19.1. The summed E-state index contributed by atoms with van der Waals surface area (Å²) in [5, 5.41) is 5.26. The van der Waals surface area contributed by atoms with Gasteiger partial charge in [0.15, 0.2) is 5.96 Å². The predicted octanol–water partition coefficient (Wildman–Crippen LogP) is 1.24. The van der Waals surface area contributed by atoms with Crippen molar-refractivity contribution in [3.8, 4) is 0 Å². The zero-order chi connectivity index (χ0) is 24.8. The van der Waals surface area contributed by atoms with Crippen molar-refractivity contribution in [2.45, 2.75) is 38.0 Å². The normalized spacial score (nSPS) is 12.0. The van der Waals surface area contributed by atoms with Gasteiger partial charge in [-0.3, -0.25) is 9.79 Å². The van der Waals surface area contributed by atoms with Crippen molar-refractivity contribution >= 4 is 23.9 Å². The lowest BCUT2D eigenvalue weighted by molar-refractivity contribution is -0.145. The molecular weight excluding hydrogens is 438 g/mol. The van der Waals surface area contributed by atoms with Crippen LogP contribution in [-0.4, -0.2) is 49.7 Å². The molecule has 0 aliphatic heterocycles. The van der Waals surface area contributed by atoms with Gasteiger partial charge in [-0.05, 0) is 24.0 Å². The number of rotatable bonds is 12. The maximum absolute atomic E-state index is 13.1. The number of nitrogens with zero attached hydrogens (tertiary/aromatic N) is 1. The molecule has 10 heteroatoms. The third-order valence-electron chi connectivity index (χ3n) is 4.85. The van der Waals surface area contributed by atoms with Crippen LogP contribution >= 0.6 is 0 Å². The summed E-state index contributed by atoms with van der Waals surface area (Å²) in [6, 6.07) is 16.5. The molecule has 182 valence electrons. The molecular formula is C24H31N5O5. The lowest BCUT2D eigenvalue weighted by atomic mass is 10.0.